The Hall–Kier alpha value is -2.83. The van der Waals surface area contributed by atoms with Crippen molar-refractivity contribution in [2.45, 2.75) is 25.3 Å². The number of fused-ring (bicyclic) bond motifs is 1. The van der Waals surface area contributed by atoms with Crippen molar-refractivity contribution in [3.8, 4) is 11.5 Å². The molecule has 2 aromatic heterocycles. The van der Waals surface area contributed by atoms with Gasteiger partial charge < -0.3 is 15.6 Å². The summed E-state index contributed by atoms with van der Waals surface area (Å²) in [6.45, 7) is 0.703. The Labute approximate surface area is 132 Å². The summed E-state index contributed by atoms with van der Waals surface area (Å²) < 4.78 is 0. The molecule has 0 aliphatic carbocycles. The molecule has 3 heterocycles. The summed E-state index contributed by atoms with van der Waals surface area (Å²) in [5.41, 5.74) is 9.28. The molecule has 0 spiro atoms. The Morgan fingerprint density at radius 3 is 3.00 bits per heavy atom. The maximum Gasteiger partial charge on any atom is 0.315 e. The monoisotopic (exact) mass is 310 g/mol. The van der Waals surface area contributed by atoms with Gasteiger partial charge in [-0.15, -0.1) is 0 Å². The number of hydrogen-bond acceptors (Lipinski definition) is 3. The Morgan fingerprint density at radius 1 is 1.30 bits per heavy atom. The second-order valence-corrected chi connectivity index (χ2v) is 5.84. The molecule has 1 aliphatic rings. The van der Waals surface area contributed by atoms with E-state index in [-0.39, 0.29) is 12.1 Å². The van der Waals surface area contributed by atoms with E-state index in [0.29, 0.717) is 6.54 Å². The highest BCUT2D eigenvalue weighted by molar-refractivity contribution is 5.83. The van der Waals surface area contributed by atoms with E-state index in [2.05, 4.69) is 15.2 Å². The van der Waals surface area contributed by atoms with Crippen molar-refractivity contribution in [2.75, 3.05) is 6.54 Å². The molecule has 118 valence electrons. The minimum atomic E-state index is -0.365. The zero-order chi connectivity index (χ0) is 15.8. The normalized spacial score (nSPS) is 18.4. The van der Waals surface area contributed by atoms with Crippen LogP contribution in [0.3, 0.4) is 0 Å². The summed E-state index contributed by atoms with van der Waals surface area (Å²) >= 11 is 0. The summed E-state index contributed by atoms with van der Waals surface area (Å²) in [5, 5.41) is 6.87. The minimum absolute atomic E-state index is 0.0112. The smallest absolute Gasteiger partial charge is 0.315 e. The molecule has 2 amide bonds. The second-order valence-electron chi connectivity index (χ2n) is 5.84. The van der Waals surface area contributed by atoms with Crippen LogP contribution in [0.15, 0.2) is 30.5 Å². The Balaban J connectivity index is 1.81. The number of benzene rings is 1. The fourth-order valence-electron chi connectivity index (χ4n) is 3.36. The van der Waals surface area contributed by atoms with Gasteiger partial charge in [-0.1, -0.05) is 12.1 Å². The number of carbonyl (C=O) groups is 1. The molecule has 1 aromatic carbocycles. The highest BCUT2D eigenvalue weighted by Gasteiger charge is 2.28. The SMILES string of the molecule is NC(=O)N1CCCCC1c1cccc2[nH]c(-c3ccn[nH]3)nc12. The first-order valence-corrected chi connectivity index (χ1v) is 7.78. The van der Waals surface area contributed by atoms with Crippen LogP contribution in [0.4, 0.5) is 4.79 Å². The molecule has 4 rings (SSSR count). The number of primary amides is 1. The van der Waals surface area contributed by atoms with Crippen LogP contribution >= 0.6 is 0 Å². The van der Waals surface area contributed by atoms with Crippen LogP contribution in [0.1, 0.15) is 30.9 Å². The van der Waals surface area contributed by atoms with Gasteiger partial charge in [0.25, 0.3) is 0 Å². The van der Waals surface area contributed by atoms with Gasteiger partial charge in [-0.05, 0) is 31.4 Å². The number of piperidine rings is 1. The first-order chi connectivity index (χ1) is 11.2. The molecule has 1 aliphatic heterocycles. The zero-order valence-electron chi connectivity index (χ0n) is 12.6. The summed E-state index contributed by atoms with van der Waals surface area (Å²) in [7, 11) is 0. The van der Waals surface area contributed by atoms with Gasteiger partial charge in [-0.2, -0.15) is 5.10 Å². The Morgan fingerprint density at radius 2 is 2.22 bits per heavy atom. The number of nitrogens with two attached hydrogens (primary N) is 1. The van der Waals surface area contributed by atoms with Crippen molar-refractivity contribution in [1.82, 2.24) is 25.1 Å². The van der Waals surface area contributed by atoms with Gasteiger partial charge in [0, 0.05) is 18.3 Å². The van der Waals surface area contributed by atoms with E-state index in [4.69, 9.17) is 10.7 Å². The molecule has 0 radical (unpaired) electrons. The van der Waals surface area contributed by atoms with Crippen LogP contribution < -0.4 is 5.73 Å². The summed E-state index contributed by atoms with van der Waals surface area (Å²) in [6.07, 6.45) is 4.69. The molecule has 0 bridgehead atoms. The average Bonchev–Trinajstić information content (AvgIpc) is 3.23. The average molecular weight is 310 g/mol. The van der Waals surface area contributed by atoms with E-state index in [0.717, 1.165) is 47.4 Å². The number of urea groups is 1. The van der Waals surface area contributed by atoms with Crippen LogP contribution in [0.5, 0.6) is 0 Å². The number of para-hydroxylation sites is 1. The predicted octanol–water partition coefficient (Wildman–Crippen LogP) is 2.56. The van der Waals surface area contributed by atoms with Crippen LogP contribution in [0.25, 0.3) is 22.6 Å². The zero-order valence-corrected chi connectivity index (χ0v) is 12.6. The maximum atomic E-state index is 11.8. The molecule has 23 heavy (non-hydrogen) atoms. The maximum absolute atomic E-state index is 11.8. The number of nitrogens with zero attached hydrogens (tertiary/aromatic N) is 3. The fraction of sp³-hybridized carbons (Fsp3) is 0.312. The third-order valence-corrected chi connectivity index (χ3v) is 4.44. The van der Waals surface area contributed by atoms with Gasteiger partial charge in [0.1, 0.15) is 5.69 Å². The molecule has 1 atom stereocenters. The minimum Gasteiger partial charge on any atom is -0.351 e. The Kier molecular flexibility index (Phi) is 3.25. The first-order valence-electron chi connectivity index (χ1n) is 7.78. The predicted molar refractivity (Wildman–Crippen MR) is 86.6 cm³/mol. The van der Waals surface area contributed by atoms with Gasteiger partial charge in [0.2, 0.25) is 0 Å². The third kappa shape index (κ3) is 2.34. The number of H-pyrrole nitrogens is 2. The van der Waals surface area contributed by atoms with Crippen molar-refractivity contribution in [2.24, 2.45) is 5.73 Å². The van der Waals surface area contributed by atoms with Crippen molar-refractivity contribution in [1.29, 1.82) is 0 Å². The van der Waals surface area contributed by atoms with E-state index in [9.17, 15) is 4.79 Å². The van der Waals surface area contributed by atoms with Crippen LogP contribution in [0.2, 0.25) is 0 Å². The van der Waals surface area contributed by atoms with Gasteiger partial charge in [-0.25, -0.2) is 9.78 Å². The van der Waals surface area contributed by atoms with Gasteiger partial charge in [0.05, 0.1) is 17.1 Å². The number of aromatic amines is 2. The number of likely N-dealkylation sites (tertiary alicyclic amines) is 1. The lowest BCUT2D eigenvalue weighted by Crippen LogP contribution is -2.41. The van der Waals surface area contributed by atoms with Gasteiger partial charge in [-0.3, -0.25) is 5.10 Å². The number of aromatic nitrogens is 4. The van der Waals surface area contributed by atoms with E-state index in [1.54, 1.807) is 11.1 Å². The van der Waals surface area contributed by atoms with Crippen molar-refractivity contribution >= 4 is 17.1 Å². The summed E-state index contributed by atoms with van der Waals surface area (Å²) in [5.74, 6) is 0.742. The molecular formula is C16H18N6O. The lowest BCUT2D eigenvalue weighted by molar-refractivity contribution is 0.160. The van der Waals surface area contributed by atoms with E-state index in [1.165, 1.54) is 0 Å². The first kappa shape index (κ1) is 13.8. The molecule has 1 unspecified atom stereocenters. The molecule has 7 heteroatoms. The second kappa shape index (κ2) is 5.42. The lowest BCUT2D eigenvalue weighted by Gasteiger charge is -2.34. The largest absolute Gasteiger partial charge is 0.351 e. The number of rotatable bonds is 2. The molecule has 7 nitrogen and oxygen atoms in total. The molecule has 1 saturated heterocycles. The molecule has 4 N–H and O–H groups in total. The van der Waals surface area contributed by atoms with Crippen molar-refractivity contribution in [3.63, 3.8) is 0 Å². The van der Waals surface area contributed by atoms with E-state index >= 15 is 0 Å². The van der Waals surface area contributed by atoms with Crippen molar-refractivity contribution in [3.05, 3.63) is 36.0 Å². The molecular weight excluding hydrogens is 292 g/mol. The van der Waals surface area contributed by atoms with Gasteiger partial charge >= 0.3 is 6.03 Å². The topological polar surface area (TPSA) is 104 Å². The summed E-state index contributed by atoms with van der Waals surface area (Å²) in [4.78, 5) is 21.5. The quantitative estimate of drug-likeness (QED) is 0.677. The third-order valence-electron chi connectivity index (χ3n) is 4.44. The van der Waals surface area contributed by atoms with Crippen molar-refractivity contribution < 1.29 is 4.79 Å². The molecule has 0 saturated carbocycles. The fourth-order valence-corrected chi connectivity index (χ4v) is 3.36. The summed E-state index contributed by atoms with van der Waals surface area (Å²) in [6, 6.07) is 7.50. The van der Waals surface area contributed by atoms with Gasteiger partial charge in [0.15, 0.2) is 5.82 Å². The highest BCUT2D eigenvalue weighted by atomic mass is 16.2. The number of carbonyl (C=O) groups excluding carboxylic acids is 1. The number of nitrogens with one attached hydrogen (secondary N) is 2. The Bertz CT molecular complexity index is 838. The lowest BCUT2D eigenvalue weighted by atomic mass is 9.94. The number of imidazole rings is 1. The number of hydrogen-bond donors (Lipinski definition) is 3. The van der Waals surface area contributed by atoms with Crippen LogP contribution in [-0.4, -0.2) is 37.6 Å². The standard InChI is InChI=1S/C16H18N6O/c17-16(23)22-9-2-1-6-13(22)10-4-3-5-11-14(10)20-15(19-11)12-7-8-18-21-12/h3-5,7-8,13H,1-2,6,9H2,(H2,17,23)(H,18,21)(H,19,20). The van der Waals surface area contributed by atoms with Crippen LogP contribution in [-0.2, 0) is 0 Å². The molecule has 1 fully saturated rings. The number of amides is 2. The van der Waals surface area contributed by atoms with Crippen LogP contribution in [0, 0.1) is 0 Å². The molecule has 3 aromatic rings. The highest BCUT2D eigenvalue weighted by Crippen LogP contribution is 2.34. The van der Waals surface area contributed by atoms with E-state index in [1.807, 2.05) is 24.3 Å². The van der Waals surface area contributed by atoms with E-state index < -0.39 is 0 Å².